The molecule has 3 heterocycles. The minimum Gasteiger partial charge on any atom is -0.350 e. The van der Waals surface area contributed by atoms with Crippen LogP contribution >= 0.6 is 11.3 Å². The van der Waals surface area contributed by atoms with E-state index in [4.69, 9.17) is 0 Å². The Balaban J connectivity index is 1.75. The van der Waals surface area contributed by atoms with Crippen LogP contribution in [0.5, 0.6) is 0 Å². The van der Waals surface area contributed by atoms with Crippen molar-refractivity contribution in [1.82, 2.24) is 14.8 Å². The quantitative estimate of drug-likeness (QED) is 0.660. The van der Waals surface area contributed by atoms with Crippen LogP contribution < -0.4 is 10.2 Å². The highest BCUT2D eigenvalue weighted by Crippen LogP contribution is 2.28. The van der Waals surface area contributed by atoms with Crippen LogP contribution in [0.4, 0.5) is 16.0 Å². The van der Waals surface area contributed by atoms with Gasteiger partial charge in [0.05, 0.1) is 11.1 Å². The fraction of sp³-hybridized carbons (Fsp3) is 0.462. The van der Waals surface area contributed by atoms with Crippen LogP contribution in [-0.2, 0) is 11.3 Å². The van der Waals surface area contributed by atoms with Crippen LogP contribution in [0.15, 0.2) is 18.5 Å². The Kier molecular flexibility index (Phi) is 4.24. The molecule has 0 aromatic carbocycles. The molecule has 0 unspecified atom stereocenters. The fourth-order valence-electron chi connectivity index (χ4n) is 2.60. The average Bonchev–Trinajstić information content (AvgIpc) is 3.18. The standard InChI is InChI=1S/C13H16N6O3S/c1-2-18-10(5-6-15-18)17-7-3-4-9(12(17)20)16-13-14-8-11(23-13)19(21)22/h5-6,8-9H,2-4,7H2,1H3,(H,14,16)/t9-/m0/s1. The van der Waals surface area contributed by atoms with Crippen molar-refractivity contribution in [2.45, 2.75) is 32.4 Å². The van der Waals surface area contributed by atoms with Crippen LogP contribution in [-0.4, -0.2) is 38.2 Å². The van der Waals surface area contributed by atoms with E-state index in [0.29, 0.717) is 24.6 Å². The number of nitrogens with one attached hydrogen (secondary N) is 1. The summed E-state index contributed by atoms with van der Waals surface area (Å²) in [6.07, 6.45) is 4.38. The van der Waals surface area contributed by atoms with Gasteiger partial charge in [-0.25, -0.2) is 9.67 Å². The SMILES string of the molecule is CCn1nccc1N1CCC[C@H](Nc2ncc([N+](=O)[O-])s2)C1=O. The second-order valence-electron chi connectivity index (χ2n) is 5.09. The largest absolute Gasteiger partial charge is 0.350 e. The van der Waals surface area contributed by atoms with Gasteiger partial charge in [-0.3, -0.25) is 19.8 Å². The molecule has 1 atom stereocenters. The van der Waals surface area contributed by atoms with E-state index in [9.17, 15) is 14.9 Å². The molecule has 23 heavy (non-hydrogen) atoms. The number of aromatic nitrogens is 3. The summed E-state index contributed by atoms with van der Waals surface area (Å²) in [6, 6.07) is 1.38. The Bertz CT molecular complexity index is 727. The van der Waals surface area contributed by atoms with Crippen molar-refractivity contribution in [3.8, 4) is 0 Å². The van der Waals surface area contributed by atoms with Gasteiger partial charge in [0.15, 0.2) is 5.13 Å². The molecule has 2 aromatic rings. The van der Waals surface area contributed by atoms with E-state index in [1.807, 2.05) is 13.0 Å². The molecular weight excluding hydrogens is 320 g/mol. The highest BCUT2D eigenvalue weighted by Gasteiger charge is 2.32. The number of carbonyl (C=O) groups is 1. The number of anilines is 2. The number of rotatable bonds is 5. The average molecular weight is 336 g/mol. The molecule has 2 aromatic heterocycles. The van der Waals surface area contributed by atoms with Crippen molar-refractivity contribution in [3.63, 3.8) is 0 Å². The normalized spacial score (nSPS) is 18.2. The number of piperidine rings is 1. The summed E-state index contributed by atoms with van der Waals surface area (Å²) in [5, 5.41) is 18.3. The molecule has 0 radical (unpaired) electrons. The van der Waals surface area contributed by atoms with Crippen molar-refractivity contribution in [2.75, 3.05) is 16.8 Å². The number of hydrogen-bond acceptors (Lipinski definition) is 7. The number of hydrogen-bond donors (Lipinski definition) is 1. The van der Waals surface area contributed by atoms with Crippen LogP contribution in [0.1, 0.15) is 19.8 Å². The Morgan fingerprint density at radius 2 is 2.39 bits per heavy atom. The lowest BCUT2D eigenvalue weighted by Crippen LogP contribution is -2.48. The molecule has 10 heteroatoms. The molecule has 0 spiro atoms. The summed E-state index contributed by atoms with van der Waals surface area (Å²) in [5.74, 6) is 0.707. The molecule has 0 bridgehead atoms. The Morgan fingerprint density at radius 3 is 3.09 bits per heavy atom. The van der Waals surface area contributed by atoms with E-state index < -0.39 is 11.0 Å². The fourth-order valence-corrected chi connectivity index (χ4v) is 3.29. The smallest absolute Gasteiger partial charge is 0.345 e. The zero-order chi connectivity index (χ0) is 16.4. The Morgan fingerprint density at radius 1 is 1.57 bits per heavy atom. The number of nitro groups is 1. The van der Waals surface area contributed by atoms with Crippen LogP contribution in [0.2, 0.25) is 0 Å². The highest BCUT2D eigenvalue weighted by molar-refractivity contribution is 7.18. The van der Waals surface area contributed by atoms with Gasteiger partial charge in [-0.1, -0.05) is 0 Å². The third-order valence-corrected chi connectivity index (χ3v) is 4.56. The highest BCUT2D eigenvalue weighted by atomic mass is 32.1. The van der Waals surface area contributed by atoms with E-state index in [1.54, 1.807) is 15.8 Å². The van der Waals surface area contributed by atoms with E-state index >= 15 is 0 Å². The van der Waals surface area contributed by atoms with Gasteiger partial charge in [-0.2, -0.15) is 5.10 Å². The van der Waals surface area contributed by atoms with Gasteiger partial charge in [-0.15, -0.1) is 0 Å². The van der Waals surface area contributed by atoms with Crippen LogP contribution in [0, 0.1) is 10.1 Å². The summed E-state index contributed by atoms with van der Waals surface area (Å²) < 4.78 is 1.77. The van der Waals surface area contributed by atoms with Gasteiger partial charge in [0, 0.05) is 19.2 Å². The van der Waals surface area contributed by atoms with Crippen molar-refractivity contribution in [3.05, 3.63) is 28.6 Å². The number of amides is 1. The van der Waals surface area contributed by atoms with Crippen LogP contribution in [0.3, 0.4) is 0 Å². The zero-order valence-corrected chi connectivity index (χ0v) is 13.3. The second-order valence-corrected chi connectivity index (χ2v) is 6.10. The third-order valence-electron chi connectivity index (χ3n) is 3.68. The van der Waals surface area contributed by atoms with E-state index in [-0.39, 0.29) is 10.9 Å². The molecule has 0 aliphatic carbocycles. The summed E-state index contributed by atoms with van der Waals surface area (Å²) in [5.41, 5.74) is 0. The first-order valence-corrected chi connectivity index (χ1v) is 8.11. The summed E-state index contributed by atoms with van der Waals surface area (Å²) in [4.78, 5) is 28.6. The molecule has 3 rings (SSSR count). The molecule has 122 valence electrons. The minimum atomic E-state index is -0.488. The Hall–Kier alpha value is -2.49. The summed E-state index contributed by atoms with van der Waals surface area (Å²) in [6.45, 7) is 3.29. The van der Waals surface area contributed by atoms with Gasteiger partial charge in [-0.05, 0) is 31.1 Å². The maximum absolute atomic E-state index is 12.7. The van der Waals surface area contributed by atoms with E-state index in [0.717, 1.165) is 23.6 Å². The van der Waals surface area contributed by atoms with E-state index in [2.05, 4.69) is 15.4 Å². The van der Waals surface area contributed by atoms with Gasteiger partial charge in [0.1, 0.15) is 18.1 Å². The molecule has 1 amide bonds. The van der Waals surface area contributed by atoms with Gasteiger partial charge >= 0.3 is 5.00 Å². The molecule has 1 saturated heterocycles. The maximum atomic E-state index is 12.7. The predicted octanol–water partition coefficient (Wildman–Crippen LogP) is 1.88. The van der Waals surface area contributed by atoms with Gasteiger partial charge in [0.25, 0.3) is 5.91 Å². The maximum Gasteiger partial charge on any atom is 0.345 e. The lowest BCUT2D eigenvalue weighted by atomic mass is 10.1. The first-order valence-electron chi connectivity index (χ1n) is 7.30. The zero-order valence-electron chi connectivity index (χ0n) is 12.5. The van der Waals surface area contributed by atoms with Crippen molar-refractivity contribution in [1.29, 1.82) is 0 Å². The molecular formula is C13H16N6O3S. The predicted molar refractivity (Wildman–Crippen MR) is 85.7 cm³/mol. The summed E-state index contributed by atoms with van der Waals surface area (Å²) in [7, 11) is 0. The molecule has 1 aliphatic heterocycles. The second kappa shape index (κ2) is 6.32. The van der Waals surface area contributed by atoms with Gasteiger partial charge in [0.2, 0.25) is 0 Å². The summed E-state index contributed by atoms with van der Waals surface area (Å²) >= 11 is 0.933. The molecule has 1 fully saturated rings. The van der Waals surface area contributed by atoms with Crippen LogP contribution in [0.25, 0.3) is 0 Å². The topological polar surface area (TPSA) is 106 Å². The number of carbonyl (C=O) groups excluding carboxylic acids is 1. The lowest BCUT2D eigenvalue weighted by molar-refractivity contribution is -0.380. The van der Waals surface area contributed by atoms with E-state index in [1.165, 1.54) is 6.20 Å². The lowest BCUT2D eigenvalue weighted by Gasteiger charge is -2.32. The minimum absolute atomic E-state index is 0.0447. The van der Waals surface area contributed by atoms with Gasteiger partial charge < -0.3 is 5.32 Å². The number of thiazole rings is 1. The third kappa shape index (κ3) is 3.02. The van der Waals surface area contributed by atoms with Crippen molar-refractivity contribution < 1.29 is 9.72 Å². The monoisotopic (exact) mass is 336 g/mol. The first-order chi connectivity index (χ1) is 11.1. The molecule has 9 nitrogen and oxygen atoms in total. The Labute approximate surface area is 136 Å². The molecule has 0 saturated carbocycles. The number of aryl methyl sites for hydroxylation is 1. The first kappa shape index (κ1) is 15.4. The number of nitrogens with zero attached hydrogens (tertiary/aromatic N) is 5. The molecule has 1 aliphatic rings. The van der Waals surface area contributed by atoms with Crippen molar-refractivity contribution in [2.24, 2.45) is 0 Å². The van der Waals surface area contributed by atoms with Crippen molar-refractivity contribution >= 4 is 33.2 Å². The molecule has 1 N–H and O–H groups in total.